The summed E-state index contributed by atoms with van der Waals surface area (Å²) in [6.07, 6.45) is 0. The predicted octanol–water partition coefficient (Wildman–Crippen LogP) is 4.43. The molecule has 1 amide bonds. The lowest BCUT2D eigenvalue weighted by Crippen LogP contribution is -2.10. The Hall–Kier alpha value is -2.29. The van der Waals surface area contributed by atoms with Crippen LogP contribution in [0.25, 0.3) is 0 Å². The number of nitrogens with one attached hydrogen (secondary N) is 2. The first kappa shape index (κ1) is 15.1. The molecule has 0 heterocycles. The Morgan fingerprint density at radius 2 is 1.76 bits per heavy atom. The lowest BCUT2D eigenvalue weighted by Gasteiger charge is -2.19. The minimum atomic E-state index is -0.0604. The van der Waals surface area contributed by atoms with Crippen LogP contribution >= 0.6 is 0 Å². The van der Waals surface area contributed by atoms with E-state index in [0.29, 0.717) is 0 Å². The van der Waals surface area contributed by atoms with Crippen LogP contribution in [0.15, 0.2) is 42.5 Å². The maximum Gasteiger partial charge on any atom is 0.221 e. The summed E-state index contributed by atoms with van der Waals surface area (Å²) >= 11 is 0. The molecule has 0 aliphatic rings. The number of amides is 1. The highest BCUT2D eigenvalue weighted by atomic mass is 16.1. The summed E-state index contributed by atoms with van der Waals surface area (Å²) in [6.45, 7) is 7.89. The van der Waals surface area contributed by atoms with Gasteiger partial charge in [0.05, 0.1) is 0 Å². The summed E-state index contributed by atoms with van der Waals surface area (Å²) < 4.78 is 0. The summed E-state index contributed by atoms with van der Waals surface area (Å²) in [4.78, 5) is 11.1. The Morgan fingerprint density at radius 3 is 2.48 bits per heavy atom. The van der Waals surface area contributed by atoms with Gasteiger partial charge in [-0.25, -0.2) is 0 Å². The number of hydrogen-bond donors (Lipinski definition) is 2. The normalized spacial score (nSPS) is 11.8. The van der Waals surface area contributed by atoms with Crippen LogP contribution in [0.1, 0.15) is 36.6 Å². The average Bonchev–Trinajstić information content (AvgIpc) is 2.41. The van der Waals surface area contributed by atoms with Crippen LogP contribution < -0.4 is 10.6 Å². The number of hydrogen-bond acceptors (Lipinski definition) is 2. The first-order valence-corrected chi connectivity index (χ1v) is 7.17. The molecule has 21 heavy (non-hydrogen) atoms. The zero-order valence-corrected chi connectivity index (χ0v) is 13.0. The second-order valence-corrected chi connectivity index (χ2v) is 5.49. The van der Waals surface area contributed by atoms with Crippen LogP contribution in [0.5, 0.6) is 0 Å². The van der Waals surface area contributed by atoms with Gasteiger partial charge in [0.15, 0.2) is 0 Å². The van der Waals surface area contributed by atoms with Gasteiger partial charge in [-0.15, -0.1) is 0 Å². The highest BCUT2D eigenvalue weighted by Crippen LogP contribution is 2.24. The number of benzene rings is 2. The molecule has 2 rings (SSSR count). The molecule has 110 valence electrons. The van der Waals surface area contributed by atoms with Crippen molar-refractivity contribution in [3.05, 3.63) is 59.2 Å². The van der Waals surface area contributed by atoms with Crippen molar-refractivity contribution < 1.29 is 4.79 Å². The molecule has 0 saturated heterocycles. The zero-order chi connectivity index (χ0) is 15.4. The van der Waals surface area contributed by atoms with E-state index in [9.17, 15) is 4.79 Å². The van der Waals surface area contributed by atoms with Crippen molar-refractivity contribution in [2.45, 2.75) is 33.7 Å². The van der Waals surface area contributed by atoms with Gasteiger partial charge in [-0.3, -0.25) is 4.79 Å². The van der Waals surface area contributed by atoms with E-state index in [4.69, 9.17) is 0 Å². The molecular formula is C18H22N2O. The van der Waals surface area contributed by atoms with Crippen molar-refractivity contribution in [2.24, 2.45) is 0 Å². The van der Waals surface area contributed by atoms with Gasteiger partial charge in [-0.05, 0) is 50.1 Å². The van der Waals surface area contributed by atoms with Crippen LogP contribution in [0, 0.1) is 13.8 Å². The van der Waals surface area contributed by atoms with Crippen molar-refractivity contribution in [2.75, 3.05) is 10.6 Å². The van der Waals surface area contributed by atoms with Gasteiger partial charge in [-0.1, -0.05) is 29.8 Å². The van der Waals surface area contributed by atoms with E-state index in [-0.39, 0.29) is 11.9 Å². The fourth-order valence-corrected chi connectivity index (χ4v) is 2.44. The predicted molar refractivity (Wildman–Crippen MR) is 88.7 cm³/mol. The van der Waals surface area contributed by atoms with Crippen molar-refractivity contribution in [3.63, 3.8) is 0 Å². The van der Waals surface area contributed by atoms with Gasteiger partial charge >= 0.3 is 0 Å². The van der Waals surface area contributed by atoms with Crippen LogP contribution in [-0.2, 0) is 4.79 Å². The van der Waals surface area contributed by atoms with Crippen molar-refractivity contribution >= 4 is 17.3 Å². The van der Waals surface area contributed by atoms with Gasteiger partial charge in [0.1, 0.15) is 0 Å². The summed E-state index contributed by atoms with van der Waals surface area (Å²) in [5, 5.41) is 6.29. The second-order valence-electron chi connectivity index (χ2n) is 5.49. The molecule has 2 aromatic rings. The molecular weight excluding hydrogens is 260 g/mol. The molecule has 0 radical (unpaired) electrons. The van der Waals surface area contributed by atoms with Crippen LogP contribution in [-0.4, -0.2) is 5.91 Å². The van der Waals surface area contributed by atoms with Crippen molar-refractivity contribution in [3.8, 4) is 0 Å². The lowest BCUT2D eigenvalue weighted by molar-refractivity contribution is -0.114. The van der Waals surface area contributed by atoms with Crippen molar-refractivity contribution in [1.29, 1.82) is 0 Å². The molecule has 1 unspecified atom stereocenters. The van der Waals surface area contributed by atoms with E-state index < -0.39 is 0 Å². The first-order valence-electron chi connectivity index (χ1n) is 7.17. The minimum Gasteiger partial charge on any atom is -0.378 e. The number of rotatable bonds is 4. The van der Waals surface area contributed by atoms with Crippen LogP contribution in [0.2, 0.25) is 0 Å². The Labute approximate surface area is 126 Å². The highest BCUT2D eigenvalue weighted by molar-refractivity contribution is 5.89. The third-order valence-corrected chi connectivity index (χ3v) is 3.47. The Balaban J connectivity index is 2.17. The quantitative estimate of drug-likeness (QED) is 0.870. The number of carbonyl (C=O) groups is 1. The van der Waals surface area contributed by atoms with Crippen LogP contribution in [0.4, 0.5) is 11.4 Å². The molecule has 0 aliphatic carbocycles. The van der Waals surface area contributed by atoms with Gasteiger partial charge in [0.25, 0.3) is 0 Å². The highest BCUT2D eigenvalue weighted by Gasteiger charge is 2.09. The third kappa shape index (κ3) is 4.09. The maximum absolute atomic E-state index is 11.1. The topological polar surface area (TPSA) is 41.1 Å². The van der Waals surface area contributed by atoms with Crippen LogP contribution in [0.3, 0.4) is 0 Å². The number of carbonyl (C=O) groups excluding carboxylic acids is 1. The van der Waals surface area contributed by atoms with Gasteiger partial charge in [0.2, 0.25) is 5.91 Å². The van der Waals surface area contributed by atoms with Crippen molar-refractivity contribution in [1.82, 2.24) is 0 Å². The van der Waals surface area contributed by atoms with Gasteiger partial charge < -0.3 is 10.6 Å². The van der Waals surface area contributed by atoms with E-state index >= 15 is 0 Å². The SMILES string of the molecule is CC(=O)Nc1cccc(NC(C)c2cc(C)ccc2C)c1. The fraction of sp³-hybridized carbons (Fsp3) is 0.278. The second kappa shape index (κ2) is 6.44. The Morgan fingerprint density at radius 1 is 1.05 bits per heavy atom. The number of aryl methyl sites for hydroxylation is 2. The monoisotopic (exact) mass is 282 g/mol. The molecule has 2 N–H and O–H groups in total. The fourth-order valence-electron chi connectivity index (χ4n) is 2.44. The average molecular weight is 282 g/mol. The first-order chi connectivity index (χ1) is 9.95. The minimum absolute atomic E-state index is 0.0604. The van der Waals surface area contributed by atoms with E-state index in [1.807, 2.05) is 24.3 Å². The summed E-state index contributed by atoms with van der Waals surface area (Å²) in [7, 11) is 0. The summed E-state index contributed by atoms with van der Waals surface area (Å²) in [5.41, 5.74) is 5.63. The molecule has 0 aliphatic heterocycles. The standard InChI is InChI=1S/C18H22N2O/c1-12-8-9-13(2)18(10-12)14(3)19-16-6-5-7-17(11-16)20-15(4)21/h5-11,14,19H,1-4H3,(H,20,21). The Bertz CT molecular complexity index is 649. The maximum atomic E-state index is 11.1. The Kier molecular flexibility index (Phi) is 4.63. The van der Waals surface area contributed by atoms with Gasteiger partial charge in [0, 0.05) is 24.3 Å². The molecule has 0 aromatic heterocycles. The molecule has 3 nitrogen and oxygen atoms in total. The molecule has 0 bridgehead atoms. The molecule has 2 aromatic carbocycles. The van der Waals surface area contributed by atoms with E-state index in [1.165, 1.54) is 23.6 Å². The lowest BCUT2D eigenvalue weighted by atomic mass is 10.00. The van der Waals surface area contributed by atoms with E-state index in [1.54, 1.807) is 0 Å². The van der Waals surface area contributed by atoms with Gasteiger partial charge in [-0.2, -0.15) is 0 Å². The third-order valence-electron chi connectivity index (χ3n) is 3.47. The van der Waals surface area contributed by atoms with E-state index in [0.717, 1.165) is 11.4 Å². The molecule has 0 fully saturated rings. The zero-order valence-electron chi connectivity index (χ0n) is 13.0. The smallest absolute Gasteiger partial charge is 0.221 e. The summed E-state index contributed by atoms with van der Waals surface area (Å²) in [6, 6.07) is 14.5. The number of anilines is 2. The summed E-state index contributed by atoms with van der Waals surface area (Å²) in [5.74, 6) is -0.0604. The van der Waals surface area contributed by atoms with E-state index in [2.05, 4.69) is 49.6 Å². The largest absolute Gasteiger partial charge is 0.378 e. The molecule has 1 atom stereocenters. The molecule has 0 spiro atoms. The molecule has 3 heteroatoms. The molecule has 0 saturated carbocycles.